The van der Waals surface area contributed by atoms with Crippen LogP contribution in [0.4, 0.5) is 11.4 Å². The zero-order valence-electron chi connectivity index (χ0n) is 64.5. The molecule has 0 spiro atoms. The summed E-state index contributed by atoms with van der Waals surface area (Å²) in [6.45, 7) is 4.90. The summed E-state index contributed by atoms with van der Waals surface area (Å²) in [5, 5.41) is 128. The minimum Gasteiger partial charge on any atom is -0.508 e. The molecule has 2 saturated heterocycles. The molecule has 2 fully saturated rings. The van der Waals surface area contributed by atoms with Crippen molar-refractivity contribution in [3.63, 3.8) is 0 Å². The maximum Gasteiger partial charge on any atom is 0.248 e. The van der Waals surface area contributed by atoms with Crippen LogP contribution in [0, 0.1) is 5.92 Å². The molecule has 7 aliphatic rings. The minimum atomic E-state index is -2.34. The monoisotopic (exact) mass is 1660 g/mol. The van der Waals surface area contributed by atoms with E-state index in [9.17, 15) is 69.9 Å². The average Bonchev–Trinajstić information content (AvgIpc) is 0.765. The van der Waals surface area contributed by atoms with Gasteiger partial charge in [0, 0.05) is 40.5 Å². The van der Waals surface area contributed by atoms with E-state index in [2.05, 4.69) is 47.9 Å². The van der Waals surface area contributed by atoms with Gasteiger partial charge in [0.15, 0.2) is 23.9 Å². The van der Waals surface area contributed by atoms with E-state index >= 15 is 19.2 Å². The number of amides is 9. The molecule has 37 heteroatoms. The molecular weight excluding hydrogens is 1570 g/mol. The fourth-order valence-electron chi connectivity index (χ4n) is 14.4. The highest BCUT2D eigenvalue weighted by Gasteiger charge is 2.52. The SMILES string of the molecule is CN[C@H](CC(C)C)C(=O)N[C@H]1C(=O)N[C@@H](CC(N)=O)C(=O)NC2C(=O)N[C@H]3C(=O)N[C@H](C(=O)NC(C(=O)NCC(=O)Nc4ccc(/C=C/c5ccc(N)cc5)cc4)c4cc(O)cc(O)c4-c4cc3ccc4O)[C@H](O)c3ccc(c(Cl)c3)Oc3cc2cc(c3O[C@@H]2O[C@H](CO)[C@@H](O)[C@H](O)[C@H]2OC2C[C@](C)(N)[C@H](O)[C@H](C)O2)Oc2ccc(cc2)[C@H]1O. The van der Waals surface area contributed by atoms with E-state index in [1.165, 1.54) is 51.2 Å². The van der Waals surface area contributed by atoms with Crippen molar-refractivity contribution in [3.05, 3.63) is 177 Å². The number of carbonyl (C=O) groups is 9. The molecule has 24 N–H and O–H groups in total. The number of nitrogens with one attached hydrogen (secondary N) is 9. The number of fused-ring (bicyclic) bond motifs is 15. The van der Waals surface area contributed by atoms with Gasteiger partial charge in [-0.15, -0.1) is 0 Å². The number of carbonyl (C=O) groups excluding carboxylic acids is 9. The van der Waals surface area contributed by atoms with Gasteiger partial charge >= 0.3 is 0 Å². The fourth-order valence-corrected chi connectivity index (χ4v) is 14.6. The van der Waals surface area contributed by atoms with Crippen molar-refractivity contribution >= 4 is 88.3 Å². The Kier molecular flexibility index (Phi) is 26.4. The maximum atomic E-state index is 16.3. The highest BCUT2D eigenvalue weighted by Crippen LogP contribution is 2.49. The molecule has 0 aliphatic carbocycles. The molecule has 18 atom stereocenters. The largest absolute Gasteiger partial charge is 0.508 e. The van der Waals surface area contributed by atoms with Gasteiger partial charge in [-0.25, -0.2) is 0 Å². The van der Waals surface area contributed by atoms with Gasteiger partial charge in [-0.3, -0.25) is 43.2 Å². The van der Waals surface area contributed by atoms with Crippen LogP contribution in [0.5, 0.6) is 46.0 Å². The van der Waals surface area contributed by atoms with Crippen LogP contribution in [0.25, 0.3) is 23.3 Å². The lowest BCUT2D eigenvalue weighted by Crippen LogP contribution is -2.64. The molecule has 36 nitrogen and oxygen atoms in total. The zero-order valence-corrected chi connectivity index (χ0v) is 65.3. The number of benzene rings is 7. The maximum absolute atomic E-state index is 16.3. The molecule has 7 aliphatic heterocycles. The first-order valence-electron chi connectivity index (χ1n) is 37.8. The molecule has 9 amide bonds. The number of aliphatic hydroxyl groups is 6. The number of phenolic OH excluding ortho intramolecular Hbond substituents is 3. The molecule has 11 bridgehead atoms. The van der Waals surface area contributed by atoms with Crippen LogP contribution in [0.2, 0.25) is 5.02 Å². The molecule has 3 unspecified atom stereocenters. The summed E-state index contributed by atoms with van der Waals surface area (Å²) in [6.07, 6.45) is -14.8. The number of primary amides is 1. The van der Waals surface area contributed by atoms with Gasteiger partial charge in [0.25, 0.3) is 0 Å². The number of nitrogen functional groups attached to an aromatic ring is 1. The van der Waals surface area contributed by atoms with E-state index in [-0.39, 0.29) is 46.9 Å². The number of rotatable bonds is 18. The standard InChI is InChI=1S/C82H91ClN12O24/c1-35(2)24-50(87-5)74(107)94-65-67(102)39-12-20-46(21-13-39)115-55-27-42-28-56(71(55)119-81-72(70(105)69(104)57(34-96)117-81)118-60-32-82(4,86)73(106)36(3)114-60)116-54-23-15-41(26-49(54)83)68(103)66-80(113)93-64(76(109)88-33-59(101)89-44-18-10-38(11-19-44)7-6-37-8-16-43(84)17-9-37)48-29-45(97)30-53(99)61(48)47-25-40(14-22-52(47)98)62(77(110)95-66)92-78(111)63(42)91-75(108)51(31-58(85)100)90-79(65)112/h6-23,25-30,35-36,50-51,57,60,62-70,72-73,81,87,96-99,102-106H,24,31-34,84,86H2,1-5H3,(H2,85,100)(H,88,109)(H,89,101)(H,90,112)(H,91,108)(H,92,111)(H,93,113)(H,94,107)(H,95,110)/b7-6+/t36-,50+,51-,57+,60?,62+,63?,64?,65+,66-,67+,68+,69+,70-,72+,73+,81-,82-/m0/s1. The number of ether oxygens (including phenoxy) is 6. The molecular formula is C82H91ClN12O24. The quantitative estimate of drug-likeness (QED) is 0.0431. The Morgan fingerprint density at radius 2 is 1.33 bits per heavy atom. The lowest BCUT2D eigenvalue weighted by Gasteiger charge is -2.47. The Bertz CT molecular complexity index is 5040. The van der Waals surface area contributed by atoms with Gasteiger partial charge in [-0.1, -0.05) is 86.1 Å². The molecule has 630 valence electrons. The summed E-state index contributed by atoms with van der Waals surface area (Å²) < 4.78 is 38.7. The van der Waals surface area contributed by atoms with Crippen LogP contribution in [0.15, 0.2) is 133 Å². The number of phenols is 3. The molecule has 119 heavy (non-hydrogen) atoms. The van der Waals surface area contributed by atoms with Crippen molar-refractivity contribution in [3.8, 4) is 57.1 Å². The second-order valence-electron chi connectivity index (χ2n) is 30.1. The van der Waals surface area contributed by atoms with E-state index in [0.717, 1.165) is 65.7 Å². The van der Waals surface area contributed by atoms with Gasteiger partial charge in [-0.2, -0.15) is 0 Å². The molecule has 0 saturated carbocycles. The number of aromatic hydroxyl groups is 3. The second kappa shape index (κ2) is 36.4. The molecule has 14 rings (SSSR count). The Labute approximate surface area is 684 Å². The van der Waals surface area contributed by atoms with E-state index in [0.29, 0.717) is 11.4 Å². The van der Waals surface area contributed by atoms with Crippen molar-refractivity contribution in [2.45, 2.75) is 156 Å². The highest BCUT2D eigenvalue weighted by atomic mass is 35.5. The first-order valence-corrected chi connectivity index (χ1v) is 38.2. The zero-order chi connectivity index (χ0) is 85.7. The number of likely N-dealkylation sites (N-methyl/N-ethyl adjacent to an activating group) is 1. The molecule has 0 radical (unpaired) electrons. The first-order chi connectivity index (χ1) is 56.5. The molecule has 7 heterocycles. The predicted octanol–water partition coefficient (Wildman–Crippen LogP) is 1.88. The van der Waals surface area contributed by atoms with Crippen LogP contribution in [-0.4, -0.2) is 198 Å². The Hall–Kier alpha value is -12.0. The second-order valence-corrected chi connectivity index (χ2v) is 30.6. The lowest BCUT2D eigenvalue weighted by atomic mass is 9.86. The first kappa shape index (κ1) is 86.3. The van der Waals surface area contributed by atoms with Crippen molar-refractivity contribution in [1.29, 1.82) is 0 Å². The van der Waals surface area contributed by atoms with Crippen molar-refractivity contribution in [1.82, 2.24) is 42.5 Å². The van der Waals surface area contributed by atoms with Crippen LogP contribution in [0.3, 0.4) is 0 Å². The molecule has 7 aromatic carbocycles. The van der Waals surface area contributed by atoms with E-state index < -0.39 is 244 Å². The third-order valence-corrected chi connectivity index (χ3v) is 21.0. The molecule has 7 aromatic rings. The average molecular weight is 1660 g/mol. The summed E-state index contributed by atoms with van der Waals surface area (Å²) in [7, 11) is 1.49. The highest BCUT2D eigenvalue weighted by molar-refractivity contribution is 6.32. The Morgan fingerprint density at radius 3 is 1.97 bits per heavy atom. The van der Waals surface area contributed by atoms with Gasteiger partial charge < -0.3 is 139 Å². The topological polar surface area (TPSA) is 577 Å². The number of halogens is 1. The third-order valence-electron chi connectivity index (χ3n) is 20.7. The number of anilines is 2. The minimum absolute atomic E-state index is 0.0553. The van der Waals surface area contributed by atoms with E-state index in [4.69, 9.17) is 57.2 Å². The van der Waals surface area contributed by atoms with Crippen molar-refractivity contribution in [2.24, 2.45) is 17.4 Å². The van der Waals surface area contributed by atoms with E-state index in [1.807, 2.05) is 38.1 Å². The van der Waals surface area contributed by atoms with Crippen molar-refractivity contribution in [2.75, 3.05) is 31.2 Å². The van der Waals surface area contributed by atoms with Crippen LogP contribution in [0.1, 0.15) is 116 Å². The van der Waals surface area contributed by atoms with E-state index in [1.54, 1.807) is 36.4 Å². The number of aliphatic hydroxyl groups excluding tert-OH is 6. The molecule has 0 aromatic heterocycles. The van der Waals surface area contributed by atoms with Gasteiger partial charge in [0.05, 0.1) is 42.8 Å². The van der Waals surface area contributed by atoms with Crippen molar-refractivity contribution < 1.29 is 118 Å². The van der Waals surface area contributed by atoms with Gasteiger partial charge in [0.2, 0.25) is 65.2 Å². The van der Waals surface area contributed by atoms with Crippen LogP contribution in [-0.2, 0) is 57.4 Å². The summed E-state index contributed by atoms with van der Waals surface area (Å²) in [5.74, 6) is -15.7. The number of hydrogen-bond donors (Lipinski definition) is 21. The van der Waals surface area contributed by atoms with Crippen LogP contribution < -0.4 is 79.3 Å². The number of nitrogens with two attached hydrogens (primary N) is 3. The predicted molar refractivity (Wildman–Crippen MR) is 425 cm³/mol. The van der Waals surface area contributed by atoms with Crippen LogP contribution >= 0.6 is 11.6 Å². The summed E-state index contributed by atoms with van der Waals surface area (Å²) in [5.41, 5.74) is 16.7. The smallest absolute Gasteiger partial charge is 0.248 e. The van der Waals surface area contributed by atoms with Gasteiger partial charge in [0.1, 0.15) is 95.5 Å². The van der Waals surface area contributed by atoms with Gasteiger partial charge in [-0.05, 0) is 151 Å². The Morgan fingerprint density at radius 1 is 0.689 bits per heavy atom. The number of hydrogen-bond acceptors (Lipinski definition) is 27. The Balaban J connectivity index is 1.01. The normalized spacial score (nSPS) is 26.7. The fraction of sp³-hybridized carbons (Fsp3) is 0.354. The summed E-state index contributed by atoms with van der Waals surface area (Å²) >= 11 is 7.18. The summed E-state index contributed by atoms with van der Waals surface area (Å²) in [6, 6.07) is 15.1. The lowest BCUT2D eigenvalue weighted by molar-refractivity contribution is -0.333. The third kappa shape index (κ3) is 19.7. The summed E-state index contributed by atoms with van der Waals surface area (Å²) in [4.78, 5) is 134.